The molecule has 0 spiro atoms. The average Bonchev–Trinajstić information content (AvgIpc) is 3.10. The molecule has 0 saturated carbocycles. The summed E-state index contributed by atoms with van der Waals surface area (Å²) in [6, 6.07) is 0. The zero-order chi connectivity index (χ0) is 18.9. The molecule has 25 heavy (non-hydrogen) atoms. The molecule has 0 atom stereocenters. The van der Waals surface area contributed by atoms with Gasteiger partial charge in [0.05, 0.1) is 0 Å². The van der Waals surface area contributed by atoms with Crippen LogP contribution in [0.4, 0.5) is 0 Å². The molecule has 3 nitrogen and oxygen atoms in total. The molecule has 0 bridgehead atoms. The van der Waals surface area contributed by atoms with Gasteiger partial charge < -0.3 is 15.3 Å². The van der Waals surface area contributed by atoms with Crippen LogP contribution in [0, 0.1) is 6.08 Å². The van der Waals surface area contributed by atoms with Crippen LogP contribution in [0.5, 0.6) is 0 Å². The second-order valence-electron chi connectivity index (χ2n) is 4.76. The Morgan fingerprint density at radius 3 is 1.60 bits per heavy atom. The maximum Gasteiger partial charge on any atom is 4.00 e. The van der Waals surface area contributed by atoms with Gasteiger partial charge in [0.2, 0.25) is 0 Å². The van der Waals surface area contributed by atoms with Gasteiger partial charge >= 0.3 is 25.8 Å². The Kier molecular flexibility index (Phi) is 44.7. The fourth-order valence-electron chi connectivity index (χ4n) is 1.24. The minimum Gasteiger partial charge on any atom is -0.854 e. The van der Waals surface area contributed by atoms with E-state index < -0.39 is 0 Å². The average molecular weight is 513 g/mol. The first-order valence-electron chi connectivity index (χ1n) is 8.51. The Morgan fingerprint density at radius 2 is 1.40 bits per heavy atom. The van der Waals surface area contributed by atoms with E-state index in [2.05, 4.69) is 44.9 Å². The monoisotopic (exact) mass is 514 g/mol. The van der Waals surface area contributed by atoms with Crippen molar-refractivity contribution in [2.24, 2.45) is 0 Å². The summed E-state index contributed by atoms with van der Waals surface area (Å²) in [6.45, 7) is 12.2. The molecule has 140 valence electrons. The maximum atomic E-state index is 9.46. The van der Waals surface area contributed by atoms with Crippen molar-refractivity contribution in [3.05, 3.63) is 61.8 Å². The molecule has 0 aromatic rings. The molecule has 0 unspecified atom stereocenters. The van der Waals surface area contributed by atoms with Gasteiger partial charge in [-0.05, 0) is 0 Å². The van der Waals surface area contributed by atoms with Crippen LogP contribution in [0.3, 0.4) is 0 Å². The van der Waals surface area contributed by atoms with E-state index in [-0.39, 0.29) is 45.7 Å². The van der Waals surface area contributed by atoms with Crippen LogP contribution in [0.15, 0.2) is 55.7 Å². The van der Waals surface area contributed by atoms with Gasteiger partial charge in [-0.15, -0.1) is 46.0 Å². The van der Waals surface area contributed by atoms with Gasteiger partial charge in [-0.3, -0.25) is 6.08 Å². The van der Waals surface area contributed by atoms with Crippen LogP contribution in [0.25, 0.3) is 0 Å². The third kappa shape index (κ3) is 39.9. The first-order valence-corrected chi connectivity index (χ1v) is 8.51. The summed E-state index contributed by atoms with van der Waals surface area (Å²) >= 11 is 0. The summed E-state index contributed by atoms with van der Waals surface area (Å²) in [5, 5.41) is 28.4. The molecule has 0 amide bonds. The van der Waals surface area contributed by atoms with Crippen LogP contribution < -0.4 is 15.3 Å². The molecule has 0 saturated heterocycles. The Bertz CT molecular complexity index is 299. The molecule has 0 heterocycles. The number of rotatable bonds is 9. The van der Waals surface area contributed by atoms with Gasteiger partial charge in [0, 0.05) is 0 Å². The van der Waals surface area contributed by atoms with Gasteiger partial charge in [0.15, 0.2) is 0 Å². The van der Waals surface area contributed by atoms with Crippen molar-refractivity contribution in [2.75, 3.05) is 19.8 Å². The second-order valence-corrected chi connectivity index (χ2v) is 4.76. The molecule has 1 aliphatic rings. The van der Waals surface area contributed by atoms with Crippen molar-refractivity contribution in [3.63, 3.8) is 0 Å². The first kappa shape index (κ1) is 32.1. The summed E-state index contributed by atoms with van der Waals surface area (Å²) in [4.78, 5) is 0. The summed E-state index contributed by atoms with van der Waals surface area (Å²) in [5.74, 6) is 0. The SMILES string of the molecule is C=CCC[O-].C=CCC[O-].C=CCC[O-].CCCCC1=[C-]CC=C1.[Hf+4]. The number of hydrogen-bond donors (Lipinski definition) is 0. The topological polar surface area (TPSA) is 69.2 Å². The zero-order valence-corrected chi connectivity index (χ0v) is 19.4. The molecular formula is C21H34HfO3. The van der Waals surface area contributed by atoms with Crippen LogP contribution in [-0.2, 0) is 25.8 Å². The predicted molar refractivity (Wildman–Crippen MR) is 99.1 cm³/mol. The van der Waals surface area contributed by atoms with E-state index in [0.29, 0.717) is 19.3 Å². The zero-order valence-electron chi connectivity index (χ0n) is 15.8. The van der Waals surface area contributed by atoms with Gasteiger partial charge in [-0.25, -0.2) is 11.6 Å². The minimum absolute atomic E-state index is 0. The van der Waals surface area contributed by atoms with Gasteiger partial charge in [-0.2, -0.15) is 6.08 Å². The van der Waals surface area contributed by atoms with Crippen molar-refractivity contribution in [2.45, 2.75) is 51.9 Å². The third-order valence-corrected chi connectivity index (χ3v) is 2.53. The van der Waals surface area contributed by atoms with Gasteiger partial charge in [-0.1, -0.05) is 63.7 Å². The molecule has 0 radical (unpaired) electrons. The van der Waals surface area contributed by atoms with Crippen molar-refractivity contribution >= 4 is 0 Å². The Balaban J connectivity index is -0.000000122. The summed E-state index contributed by atoms with van der Waals surface area (Å²) in [5.41, 5.74) is 1.41. The molecule has 0 aromatic carbocycles. The molecule has 0 N–H and O–H groups in total. The molecule has 4 heteroatoms. The van der Waals surface area contributed by atoms with E-state index in [4.69, 9.17) is 0 Å². The molecule has 1 aliphatic carbocycles. The van der Waals surface area contributed by atoms with Crippen molar-refractivity contribution in [1.29, 1.82) is 0 Å². The van der Waals surface area contributed by atoms with E-state index in [9.17, 15) is 15.3 Å². The van der Waals surface area contributed by atoms with E-state index in [1.54, 1.807) is 18.2 Å². The number of hydrogen-bond acceptors (Lipinski definition) is 3. The van der Waals surface area contributed by atoms with Crippen LogP contribution in [0.2, 0.25) is 0 Å². The Morgan fingerprint density at radius 1 is 0.960 bits per heavy atom. The molecule has 0 fully saturated rings. The number of unbranched alkanes of at least 4 members (excludes halogenated alkanes) is 1. The fraction of sp³-hybridized carbons (Fsp3) is 0.524. The molecular weight excluding hydrogens is 479 g/mol. The quantitative estimate of drug-likeness (QED) is 0.271. The van der Waals surface area contributed by atoms with E-state index >= 15 is 0 Å². The van der Waals surface area contributed by atoms with Gasteiger partial charge in [0.1, 0.15) is 0 Å². The third-order valence-electron chi connectivity index (χ3n) is 2.53. The standard InChI is InChI=1S/C9H13.3C4H7O.Hf/c1-2-3-6-9-7-4-5-8-9;3*1-2-3-4-5;/h4,7H,2-3,5-6H2,1H3;3*2H,1,3-4H2;/q4*-1;+4. The Hall–Kier alpha value is -0.550. The minimum atomic E-state index is -0.0243. The van der Waals surface area contributed by atoms with Crippen LogP contribution in [-0.4, -0.2) is 19.8 Å². The van der Waals surface area contributed by atoms with E-state index in [1.807, 2.05) is 0 Å². The smallest absolute Gasteiger partial charge is 0.854 e. The molecule has 1 rings (SSSR count). The number of allylic oxidation sites excluding steroid dienone is 4. The van der Waals surface area contributed by atoms with Crippen molar-refractivity contribution in [1.82, 2.24) is 0 Å². The first-order chi connectivity index (χ1) is 11.7. The van der Waals surface area contributed by atoms with Crippen molar-refractivity contribution < 1.29 is 41.2 Å². The van der Waals surface area contributed by atoms with E-state index in [1.165, 1.54) is 24.8 Å². The summed E-state index contributed by atoms with van der Waals surface area (Å²) in [7, 11) is 0. The van der Waals surface area contributed by atoms with Crippen LogP contribution in [0.1, 0.15) is 51.9 Å². The van der Waals surface area contributed by atoms with Gasteiger partial charge in [0.25, 0.3) is 0 Å². The normalized spacial score (nSPS) is 10.3. The second kappa shape index (κ2) is 34.7. The maximum absolute atomic E-state index is 9.46. The Labute approximate surface area is 174 Å². The summed E-state index contributed by atoms with van der Waals surface area (Å²) < 4.78 is 0. The predicted octanol–water partition coefficient (Wildman–Crippen LogP) is 2.63. The van der Waals surface area contributed by atoms with Crippen LogP contribution >= 0.6 is 0 Å². The van der Waals surface area contributed by atoms with E-state index in [0.717, 1.165) is 6.42 Å². The molecule has 0 aromatic heterocycles. The fourth-order valence-corrected chi connectivity index (χ4v) is 1.24. The largest absolute Gasteiger partial charge is 4.00 e. The summed E-state index contributed by atoms with van der Waals surface area (Å²) in [6.07, 6.45) is 19.2. The van der Waals surface area contributed by atoms with Crippen molar-refractivity contribution in [3.8, 4) is 0 Å². The molecule has 0 aliphatic heterocycles.